The molecule has 1 fully saturated rings. The zero-order valence-electron chi connectivity index (χ0n) is 11.0. The summed E-state index contributed by atoms with van der Waals surface area (Å²) in [6.45, 7) is 1.58. The van der Waals surface area contributed by atoms with E-state index < -0.39 is 5.67 Å². The fourth-order valence-electron chi connectivity index (χ4n) is 2.47. The third kappa shape index (κ3) is 2.58. The van der Waals surface area contributed by atoms with Crippen LogP contribution in [0, 0.1) is 0 Å². The number of ether oxygens (including phenoxy) is 2. The van der Waals surface area contributed by atoms with Gasteiger partial charge in [-0.15, -0.1) is 0 Å². The van der Waals surface area contributed by atoms with E-state index in [1.54, 1.807) is 32.4 Å². The third-order valence-corrected chi connectivity index (χ3v) is 3.52. The van der Waals surface area contributed by atoms with E-state index in [0.717, 1.165) is 13.0 Å². The normalized spacial score (nSPS) is 24.4. The van der Waals surface area contributed by atoms with Gasteiger partial charge in [0.15, 0.2) is 0 Å². The number of methoxy groups -OCH3 is 2. The highest BCUT2D eigenvalue weighted by molar-refractivity contribution is 5.44. The predicted molar refractivity (Wildman–Crippen MR) is 69.1 cm³/mol. The van der Waals surface area contributed by atoms with Crippen molar-refractivity contribution in [2.45, 2.75) is 24.9 Å². The maximum atomic E-state index is 15.1. The van der Waals surface area contributed by atoms with Crippen LogP contribution in [-0.2, 0) is 5.67 Å². The molecule has 18 heavy (non-hydrogen) atoms. The zero-order chi connectivity index (χ0) is 13.0. The lowest BCUT2D eigenvalue weighted by Crippen LogP contribution is -2.23. The van der Waals surface area contributed by atoms with E-state index in [1.165, 1.54) is 0 Å². The average molecular weight is 253 g/mol. The van der Waals surface area contributed by atoms with Crippen LogP contribution in [-0.4, -0.2) is 27.3 Å². The van der Waals surface area contributed by atoms with E-state index in [1.807, 2.05) is 0 Å². The van der Waals surface area contributed by atoms with Gasteiger partial charge in [-0.2, -0.15) is 0 Å². The summed E-state index contributed by atoms with van der Waals surface area (Å²) in [6, 6.07) is 5.31. The molecule has 0 saturated carbocycles. The van der Waals surface area contributed by atoms with Gasteiger partial charge in [-0.05, 0) is 44.5 Å². The summed E-state index contributed by atoms with van der Waals surface area (Å²) < 4.78 is 25.5. The summed E-state index contributed by atoms with van der Waals surface area (Å²) in [7, 11) is 3.16. The van der Waals surface area contributed by atoms with Crippen LogP contribution in [0.15, 0.2) is 18.2 Å². The second-order valence-electron chi connectivity index (χ2n) is 4.64. The molecule has 100 valence electrons. The summed E-state index contributed by atoms with van der Waals surface area (Å²) in [5.74, 6) is 1.25. The first kappa shape index (κ1) is 13.1. The number of hydrogen-bond donors (Lipinski definition) is 1. The van der Waals surface area contributed by atoms with Crippen LogP contribution in [0.2, 0.25) is 0 Å². The molecule has 1 atom stereocenters. The van der Waals surface area contributed by atoms with Crippen LogP contribution in [0.4, 0.5) is 4.39 Å². The van der Waals surface area contributed by atoms with Crippen molar-refractivity contribution in [3.63, 3.8) is 0 Å². The van der Waals surface area contributed by atoms with E-state index in [9.17, 15) is 0 Å². The molecule has 4 heteroatoms. The molecule has 0 radical (unpaired) electrons. The molecule has 0 aliphatic carbocycles. The summed E-state index contributed by atoms with van der Waals surface area (Å²) in [5, 5.41) is 3.23. The van der Waals surface area contributed by atoms with Crippen molar-refractivity contribution in [1.82, 2.24) is 5.32 Å². The third-order valence-electron chi connectivity index (χ3n) is 3.52. The van der Waals surface area contributed by atoms with Crippen LogP contribution in [0.1, 0.15) is 24.8 Å². The number of nitrogens with one attached hydrogen (secondary N) is 1. The van der Waals surface area contributed by atoms with Crippen molar-refractivity contribution < 1.29 is 13.9 Å². The molecule has 1 N–H and O–H groups in total. The number of halogens is 1. The number of alkyl halides is 1. The minimum atomic E-state index is -1.30. The molecule has 0 amide bonds. The van der Waals surface area contributed by atoms with Crippen LogP contribution >= 0.6 is 0 Å². The van der Waals surface area contributed by atoms with E-state index >= 15 is 4.39 Å². The Kier molecular flexibility index (Phi) is 4.07. The van der Waals surface area contributed by atoms with Crippen molar-refractivity contribution in [3.05, 3.63) is 23.8 Å². The van der Waals surface area contributed by atoms with E-state index in [2.05, 4.69) is 5.32 Å². The molecule has 0 aromatic heterocycles. The van der Waals surface area contributed by atoms with Gasteiger partial charge in [-0.3, -0.25) is 0 Å². The Hall–Kier alpha value is -1.29. The quantitative estimate of drug-likeness (QED) is 0.898. The highest BCUT2D eigenvalue weighted by Crippen LogP contribution is 2.41. The Labute approximate surface area is 107 Å². The van der Waals surface area contributed by atoms with Crippen LogP contribution in [0.3, 0.4) is 0 Å². The van der Waals surface area contributed by atoms with Crippen LogP contribution < -0.4 is 14.8 Å². The van der Waals surface area contributed by atoms with Gasteiger partial charge in [-0.25, -0.2) is 4.39 Å². The van der Waals surface area contributed by atoms with Crippen molar-refractivity contribution in [2.75, 3.05) is 27.3 Å². The first-order valence-corrected chi connectivity index (χ1v) is 6.32. The summed E-state index contributed by atoms with van der Waals surface area (Å²) >= 11 is 0. The Bertz CT molecular complexity index is 401. The maximum Gasteiger partial charge on any atom is 0.140 e. The molecular formula is C14H20FNO2. The lowest BCUT2D eigenvalue weighted by atomic mass is 9.88. The minimum absolute atomic E-state index is 0.482. The second-order valence-corrected chi connectivity index (χ2v) is 4.64. The largest absolute Gasteiger partial charge is 0.497 e. The molecule has 3 nitrogen and oxygen atoms in total. The number of rotatable bonds is 3. The topological polar surface area (TPSA) is 30.5 Å². The van der Waals surface area contributed by atoms with Gasteiger partial charge in [0.1, 0.15) is 17.2 Å². The molecule has 0 bridgehead atoms. The Morgan fingerprint density at radius 3 is 2.72 bits per heavy atom. The van der Waals surface area contributed by atoms with Crippen molar-refractivity contribution in [3.8, 4) is 11.5 Å². The van der Waals surface area contributed by atoms with Gasteiger partial charge < -0.3 is 14.8 Å². The first-order valence-electron chi connectivity index (χ1n) is 6.32. The molecule has 1 unspecified atom stereocenters. The van der Waals surface area contributed by atoms with Gasteiger partial charge in [0.2, 0.25) is 0 Å². The Morgan fingerprint density at radius 1 is 1.17 bits per heavy atom. The fourth-order valence-corrected chi connectivity index (χ4v) is 2.47. The lowest BCUT2D eigenvalue weighted by Gasteiger charge is -2.26. The number of hydrogen-bond acceptors (Lipinski definition) is 3. The highest BCUT2D eigenvalue weighted by Gasteiger charge is 2.35. The Morgan fingerprint density at radius 2 is 2.00 bits per heavy atom. The average Bonchev–Trinajstić information content (AvgIpc) is 2.63. The SMILES string of the molecule is COc1ccc(C2(F)CCCNCC2)c(OC)c1. The monoisotopic (exact) mass is 253 g/mol. The van der Waals surface area contributed by atoms with Crippen molar-refractivity contribution in [2.24, 2.45) is 0 Å². The van der Waals surface area contributed by atoms with Crippen LogP contribution in [0.5, 0.6) is 11.5 Å². The standard InChI is InChI=1S/C14H20FNO2/c1-17-11-4-5-12(13(10-11)18-2)14(15)6-3-8-16-9-7-14/h4-5,10,16H,3,6-9H2,1-2H3. The van der Waals surface area contributed by atoms with Gasteiger partial charge >= 0.3 is 0 Å². The van der Waals surface area contributed by atoms with Gasteiger partial charge in [0.25, 0.3) is 0 Å². The van der Waals surface area contributed by atoms with E-state index in [0.29, 0.717) is 36.4 Å². The minimum Gasteiger partial charge on any atom is -0.497 e. The smallest absolute Gasteiger partial charge is 0.140 e. The number of benzene rings is 1. The molecule has 1 aliphatic heterocycles. The molecule has 1 saturated heterocycles. The fraction of sp³-hybridized carbons (Fsp3) is 0.571. The zero-order valence-corrected chi connectivity index (χ0v) is 11.0. The van der Waals surface area contributed by atoms with E-state index in [4.69, 9.17) is 9.47 Å². The molecule has 1 aliphatic rings. The summed E-state index contributed by atoms with van der Waals surface area (Å²) in [6.07, 6.45) is 1.85. The highest BCUT2D eigenvalue weighted by atomic mass is 19.1. The molecule has 1 aromatic carbocycles. The lowest BCUT2D eigenvalue weighted by molar-refractivity contribution is 0.140. The Balaban J connectivity index is 2.35. The van der Waals surface area contributed by atoms with E-state index in [-0.39, 0.29) is 0 Å². The van der Waals surface area contributed by atoms with Gasteiger partial charge in [-0.1, -0.05) is 0 Å². The molecule has 1 aromatic rings. The maximum absolute atomic E-state index is 15.1. The van der Waals surface area contributed by atoms with Gasteiger partial charge in [0, 0.05) is 11.6 Å². The molecule has 2 rings (SSSR count). The molecule has 1 heterocycles. The predicted octanol–water partition coefficient (Wildman–Crippen LogP) is 2.64. The van der Waals surface area contributed by atoms with Crippen LogP contribution in [0.25, 0.3) is 0 Å². The van der Waals surface area contributed by atoms with Gasteiger partial charge in [0.05, 0.1) is 14.2 Å². The second kappa shape index (κ2) is 5.57. The van der Waals surface area contributed by atoms with Crippen molar-refractivity contribution >= 4 is 0 Å². The summed E-state index contributed by atoms with van der Waals surface area (Å²) in [5.41, 5.74) is -0.671. The summed E-state index contributed by atoms with van der Waals surface area (Å²) in [4.78, 5) is 0. The first-order chi connectivity index (χ1) is 8.69. The molecular weight excluding hydrogens is 233 g/mol. The molecule has 0 spiro atoms. The van der Waals surface area contributed by atoms with Crippen molar-refractivity contribution in [1.29, 1.82) is 0 Å².